The molecular formula is C16H23N3O2. The lowest BCUT2D eigenvalue weighted by atomic mass is 9.99. The number of aromatic nitrogens is 1. The summed E-state index contributed by atoms with van der Waals surface area (Å²) in [6, 6.07) is 4.95. The van der Waals surface area contributed by atoms with Gasteiger partial charge in [0.25, 0.3) is 0 Å². The van der Waals surface area contributed by atoms with E-state index in [1.807, 2.05) is 6.07 Å². The van der Waals surface area contributed by atoms with E-state index < -0.39 is 0 Å². The number of carbonyl (C=O) groups is 1. The van der Waals surface area contributed by atoms with Gasteiger partial charge in [-0.05, 0) is 37.9 Å². The third-order valence-corrected chi connectivity index (χ3v) is 4.65. The molecule has 1 N–H and O–H groups in total. The first-order valence-electron chi connectivity index (χ1n) is 7.78. The predicted octanol–water partition coefficient (Wildman–Crippen LogP) is 1.58. The minimum Gasteiger partial charge on any atom is -0.465 e. The molecular weight excluding hydrogens is 266 g/mol. The molecule has 5 heteroatoms. The fraction of sp³-hybridized carbons (Fsp3) is 0.625. The van der Waals surface area contributed by atoms with Crippen LogP contribution >= 0.6 is 0 Å². The van der Waals surface area contributed by atoms with Crippen molar-refractivity contribution in [1.29, 1.82) is 0 Å². The normalized spacial score (nSPS) is 25.6. The van der Waals surface area contributed by atoms with Crippen LogP contribution in [0.2, 0.25) is 0 Å². The molecule has 0 saturated carbocycles. The van der Waals surface area contributed by atoms with Crippen LogP contribution in [0.25, 0.3) is 0 Å². The maximum atomic E-state index is 11.4. The number of hydrogen-bond donors (Lipinski definition) is 1. The zero-order valence-corrected chi connectivity index (χ0v) is 12.5. The summed E-state index contributed by atoms with van der Waals surface area (Å²) in [5.74, 6) is -0.337. The van der Waals surface area contributed by atoms with Gasteiger partial charge in [-0.1, -0.05) is 6.42 Å². The van der Waals surface area contributed by atoms with E-state index in [-0.39, 0.29) is 5.97 Å². The van der Waals surface area contributed by atoms with Gasteiger partial charge < -0.3 is 10.1 Å². The molecule has 0 aromatic carbocycles. The van der Waals surface area contributed by atoms with Crippen molar-refractivity contribution in [2.75, 3.05) is 20.2 Å². The van der Waals surface area contributed by atoms with Crippen LogP contribution in [0, 0.1) is 0 Å². The van der Waals surface area contributed by atoms with Crippen LogP contribution in [-0.2, 0) is 11.3 Å². The molecule has 2 saturated heterocycles. The van der Waals surface area contributed by atoms with Gasteiger partial charge in [0.1, 0.15) is 0 Å². The van der Waals surface area contributed by atoms with Crippen LogP contribution in [0.1, 0.15) is 41.7 Å². The van der Waals surface area contributed by atoms with E-state index in [1.165, 1.54) is 45.9 Å². The van der Waals surface area contributed by atoms with Gasteiger partial charge in [0.15, 0.2) is 0 Å². The largest absolute Gasteiger partial charge is 0.465 e. The molecule has 2 aliphatic rings. The average molecular weight is 289 g/mol. The average Bonchev–Trinajstić information content (AvgIpc) is 2.96. The third kappa shape index (κ3) is 3.24. The molecule has 2 fully saturated rings. The lowest BCUT2D eigenvalue weighted by Gasteiger charge is -2.32. The first kappa shape index (κ1) is 14.5. The second-order valence-electron chi connectivity index (χ2n) is 5.90. The standard InChI is InChI=1S/C16H23N3O2/c1-21-16(20)12-5-6-13(17-10-12)11-18-14-7-9-19-8-3-2-4-15(14)19/h5-6,10,14-15,18H,2-4,7-9,11H2,1H3. The van der Waals surface area contributed by atoms with E-state index in [9.17, 15) is 4.79 Å². The second-order valence-corrected chi connectivity index (χ2v) is 5.90. The minimum atomic E-state index is -0.337. The molecule has 0 amide bonds. The molecule has 2 unspecified atom stereocenters. The Kier molecular flexibility index (Phi) is 4.51. The highest BCUT2D eigenvalue weighted by Crippen LogP contribution is 2.27. The van der Waals surface area contributed by atoms with Gasteiger partial charge >= 0.3 is 5.97 Å². The Labute approximate surface area is 125 Å². The predicted molar refractivity (Wildman–Crippen MR) is 80.0 cm³/mol. The Morgan fingerprint density at radius 1 is 1.38 bits per heavy atom. The van der Waals surface area contributed by atoms with Crippen LogP contribution < -0.4 is 5.32 Å². The summed E-state index contributed by atoms with van der Waals surface area (Å²) in [6.07, 6.45) is 6.83. The quantitative estimate of drug-likeness (QED) is 0.853. The number of carbonyl (C=O) groups excluding carboxylic acids is 1. The topological polar surface area (TPSA) is 54.5 Å². The number of pyridine rings is 1. The Balaban J connectivity index is 1.54. The van der Waals surface area contributed by atoms with Crippen molar-refractivity contribution in [3.63, 3.8) is 0 Å². The molecule has 2 aliphatic heterocycles. The first-order chi connectivity index (χ1) is 10.3. The molecule has 21 heavy (non-hydrogen) atoms. The number of nitrogens with one attached hydrogen (secondary N) is 1. The number of hydrogen-bond acceptors (Lipinski definition) is 5. The molecule has 0 radical (unpaired) electrons. The van der Waals surface area contributed by atoms with Crippen LogP contribution in [0.5, 0.6) is 0 Å². The SMILES string of the molecule is COC(=O)c1ccc(CNC2CCN3CCCCC23)nc1. The van der Waals surface area contributed by atoms with Crippen molar-refractivity contribution in [1.82, 2.24) is 15.2 Å². The molecule has 3 rings (SSSR count). The smallest absolute Gasteiger partial charge is 0.339 e. The summed E-state index contributed by atoms with van der Waals surface area (Å²) in [6.45, 7) is 3.24. The minimum absolute atomic E-state index is 0.337. The number of piperidine rings is 1. The summed E-state index contributed by atoms with van der Waals surface area (Å²) in [5.41, 5.74) is 1.47. The molecule has 1 aromatic rings. The Bertz CT molecular complexity index is 489. The molecule has 3 heterocycles. The van der Waals surface area contributed by atoms with Crippen LogP contribution in [0.4, 0.5) is 0 Å². The highest BCUT2D eigenvalue weighted by Gasteiger charge is 2.34. The summed E-state index contributed by atoms with van der Waals surface area (Å²) in [5, 5.41) is 3.64. The van der Waals surface area contributed by atoms with Crippen molar-refractivity contribution >= 4 is 5.97 Å². The van der Waals surface area contributed by atoms with Crippen molar-refractivity contribution in [2.24, 2.45) is 0 Å². The summed E-state index contributed by atoms with van der Waals surface area (Å²) >= 11 is 0. The van der Waals surface area contributed by atoms with Crippen LogP contribution in [0.15, 0.2) is 18.3 Å². The molecule has 2 atom stereocenters. The molecule has 0 spiro atoms. The molecule has 0 bridgehead atoms. The van der Waals surface area contributed by atoms with E-state index in [0.717, 1.165) is 12.2 Å². The van der Waals surface area contributed by atoms with Crippen LogP contribution in [0.3, 0.4) is 0 Å². The Morgan fingerprint density at radius 3 is 3.05 bits per heavy atom. The summed E-state index contributed by atoms with van der Waals surface area (Å²) in [4.78, 5) is 18.3. The lowest BCUT2D eigenvalue weighted by molar-refractivity contribution is 0.0600. The maximum Gasteiger partial charge on any atom is 0.339 e. The zero-order chi connectivity index (χ0) is 14.7. The van der Waals surface area contributed by atoms with Crippen molar-refractivity contribution in [3.05, 3.63) is 29.6 Å². The Morgan fingerprint density at radius 2 is 2.29 bits per heavy atom. The number of esters is 1. The Hall–Kier alpha value is -1.46. The maximum absolute atomic E-state index is 11.4. The number of rotatable bonds is 4. The number of methoxy groups -OCH3 is 1. The number of nitrogens with zero attached hydrogens (tertiary/aromatic N) is 2. The first-order valence-corrected chi connectivity index (χ1v) is 7.78. The van der Waals surface area contributed by atoms with Gasteiger partial charge in [0.2, 0.25) is 0 Å². The lowest BCUT2D eigenvalue weighted by Crippen LogP contribution is -2.44. The van der Waals surface area contributed by atoms with Gasteiger partial charge in [-0.25, -0.2) is 4.79 Å². The fourth-order valence-electron chi connectivity index (χ4n) is 3.49. The van der Waals surface area contributed by atoms with Crippen LogP contribution in [-0.4, -0.2) is 48.1 Å². The third-order valence-electron chi connectivity index (χ3n) is 4.65. The summed E-state index contributed by atoms with van der Waals surface area (Å²) in [7, 11) is 1.38. The van der Waals surface area contributed by atoms with E-state index in [2.05, 4.69) is 19.9 Å². The molecule has 1 aromatic heterocycles. The van der Waals surface area contributed by atoms with Crippen molar-refractivity contribution in [2.45, 2.75) is 44.3 Å². The van der Waals surface area contributed by atoms with Gasteiger partial charge in [-0.15, -0.1) is 0 Å². The fourth-order valence-corrected chi connectivity index (χ4v) is 3.49. The number of ether oxygens (including phenoxy) is 1. The summed E-state index contributed by atoms with van der Waals surface area (Å²) < 4.78 is 4.68. The van der Waals surface area contributed by atoms with Gasteiger partial charge in [0, 0.05) is 31.4 Å². The highest BCUT2D eigenvalue weighted by atomic mass is 16.5. The molecule has 0 aliphatic carbocycles. The second kappa shape index (κ2) is 6.54. The molecule has 114 valence electrons. The van der Waals surface area contributed by atoms with Gasteiger partial charge in [-0.3, -0.25) is 9.88 Å². The van der Waals surface area contributed by atoms with E-state index in [4.69, 9.17) is 0 Å². The van der Waals surface area contributed by atoms with E-state index in [0.29, 0.717) is 17.6 Å². The van der Waals surface area contributed by atoms with Crippen molar-refractivity contribution < 1.29 is 9.53 Å². The van der Waals surface area contributed by atoms with Gasteiger partial charge in [0.05, 0.1) is 18.4 Å². The van der Waals surface area contributed by atoms with Gasteiger partial charge in [-0.2, -0.15) is 0 Å². The highest BCUT2D eigenvalue weighted by molar-refractivity contribution is 5.88. The van der Waals surface area contributed by atoms with E-state index in [1.54, 1.807) is 12.3 Å². The number of fused-ring (bicyclic) bond motifs is 1. The zero-order valence-electron chi connectivity index (χ0n) is 12.5. The van der Waals surface area contributed by atoms with Crippen molar-refractivity contribution in [3.8, 4) is 0 Å². The molecule has 5 nitrogen and oxygen atoms in total. The van der Waals surface area contributed by atoms with E-state index >= 15 is 0 Å². The monoisotopic (exact) mass is 289 g/mol.